The summed E-state index contributed by atoms with van der Waals surface area (Å²) in [4.78, 5) is 22.2. The van der Waals surface area contributed by atoms with Gasteiger partial charge in [0.05, 0.1) is 6.42 Å². The number of aliphatic carboxylic acids is 1. The molecule has 0 aromatic carbocycles. The van der Waals surface area contributed by atoms with E-state index in [2.05, 4.69) is 0 Å². The van der Waals surface area contributed by atoms with E-state index in [0.717, 1.165) is 37.7 Å². The maximum absolute atomic E-state index is 11.1. The fraction of sp³-hybridized carbons (Fsp3) is 0.714. The highest BCUT2D eigenvalue weighted by molar-refractivity contribution is 5.88. The van der Waals surface area contributed by atoms with Gasteiger partial charge >= 0.3 is 5.97 Å². The number of rotatable bonds is 5. The third kappa shape index (κ3) is 3.67. The molecule has 0 spiro atoms. The van der Waals surface area contributed by atoms with Crippen LogP contribution in [0.4, 0.5) is 0 Å². The van der Waals surface area contributed by atoms with Crippen molar-refractivity contribution in [2.75, 3.05) is 0 Å². The summed E-state index contributed by atoms with van der Waals surface area (Å²) in [6, 6.07) is -0.335. The van der Waals surface area contributed by atoms with Crippen LogP contribution >= 0.6 is 0 Å². The zero-order valence-corrected chi connectivity index (χ0v) is 11.2. The molecule has 0 aromatic heterocycles. The second kappa shape index (κ2) is 6.14. The Hall–Kier alpha value is -1.16. The number of hydrogen-bond acceptors (Lipinski definition) is 3. The van der Waals surface area contributed by atoms with E-state index in [1.807, 2.05) is 6.92 Å². The van der Waals surface area contributed by atoms with Crippen LogP contribution in [0.15, 0.2) is 11.6 Å². The predicted octanol–water partition coefficient (Wildman–Crippen LogP) is 2.27. The number of hydrogen-bond donors (Lipinski definition) is 2. The number of carboxylic acids is 1. The average molecular weight is 253 g/mol. The van der Waals surface area contributed by atoms with E-state index in [1.54, 1.807) is 0 Å². The molecule has 1 atom stereocenters. The minimum Gasteiger partial charge on any atom is -0.481 e. The third-order valence-electron chi connectivity index (χ3n) is 3.93. The van der Waals surface area contributed by atoms with E-state index in [9.17, 15) is 9.59 Å². The van der Waals surface area contributed by atoms with Crippen molar-refractivity contribution in [2.24, 2.45) is 11.1 Å². The van der Waals surface area contributed by atoms with Gasteiger partial charge in [-0.25, -0.2) is 0 Å². The normalized spacial score (nSPS) is 21.4. The number of carbonyl (C=O) groups excluding carboxylic acids is 1. The lowest BCUT2D eigenvalue weighted by molar-refractivity contribution is -0.140. The second-order valence-electron chi connectivity index (χ2n) is 5.47. The first-order valence-corrected chi connectivity index (χ1v) is 6.53. The summed E-state index contributed by atoms with van der Waals surface area (Å²) in [5.74, 6) is -0.841. The molecule has 1 rings (SSSR count). The van der Waals surface area contributed by atoms with Crippen LogP contribution in [0.1, 0.15) is 52.4 Å². The van der Waals surface area contributed by atoms with Gasteiger partial charge in [-0.1, -0.05) is 24.8 Å². The number of ketones is 1. The average Bonchev–Trinajstić information content (AvgIpc) is 2.27. The zero-order valence-electron chi connectivity index (χ0n) is 11.2. The second-order valence-corrected chi connectivity index (χ2v) is 5.47. The van der Waals surface area contributed by atoms with Gasteiger partial charge in [0.1, 0.15) is 0 Å². The van der Waals surface area contributed by atoms with E-state index < -0.39 is 5.97 Å². The summed E-state index contributed by atoms with van der Waals surface area (Å²) < 4.78 is 0. The van der Waals surface area contributed by atoms with Gasteiger partial charge in [-0.05, 0) is 38.2 Å². The summed E-state index contributed by atoms with van der Waals surface area (Å²) in [6.45, 7) is 3.31. The lowest BCUT2D eigenvalue weighted by Crippen LogP contribution is -2.45. The molecule has 0 radical (unpaired) electrons. The first-order chi connectivity index (χ1) is 8.37. The molecule has 0 aromatic rings. The molecular weight excluding hydrogens is 230 g/mol. The van der Waals surface area contributed by atoms with E-state index in [4.69, 9.17) is 10.8 Å². The van der Waals surface area contributed by atoms with Crippen LogP contribution in [0.5, 0.6) is 0 Å². The Balaban J connectivity index is 2.94. The Kier molecular flexibility index (Phi) is 5.08. The summed E-state index contributed by atoms with van der Waals surface area (Å²) >= 11 is 0. The van der Waals surface area contributed by atoms with E-state index >= 15 is 0 Å². The van der Waals surface area contributed by atoms with Gasteiger partial charge in [-0.2, -0.15) is 0 Å². The monoisotopic (exact) mass is 253 g/mol. The van der Waals surface area contributed by atoms with Crippen molar-refractivity contribution in [1.29, 1.82) is 0 Å². The zero-order chi connectivity index (χ0) is 13.8. The van der Waals surface area contributed by atoms with Gasteiger partial charge in [0.15, 0.2) is 5.78 Å². The molecule has 0 bridgehead atoms. The Morgan fingerprint density at radius 1 is 1.28 bits per heavy atom. The summed E-state index contributed by atoms with van der Waals surface area (Å²) in [7, 11) is 0. The highest BCUT2D eigenvalue weighted by Crippen LogP contribution is 2.43. The molecule has 3 N–H and O–H groups in total. The van der Waals surface area contributed by atoms with Crippen molar-refractivity contribution < 1.29 is 14.7 Å². The lowest BCUT2D eigenvalue weighted by atomic mass is 9.65. The molecule has 1 aliphatic carbocycles. The van der Waals surface area contributed by atoms with Gasteiger partial charge in [-0.3, -0.25) is 9.59 Å². The van der Waals surface area contributed by atoms with Crippen LogP contribution in [0, 0.1) is 5.41 Å². The van der Waals surface area contributed by atoms with Crippen molar-refractivity contribution in [1.82, 2.24) is 0 Å². The summed E-state index contributed by atoms with van der Waals surface area (Å²) in [5.41, 5.74) is 6.66. The Bertz CT molecular complexity index is 354. The topological polar surface area (TPSA) is 80.4 Å². The van der Waals surface area contributed by atoms with E-state index in [1.165, 1.54) is 13.0 Å². The molecular formula is C14H23NO3. The van der Waals surface area contributed by atoms with E-state index in [0.29, 0.717) is 0 Å². The quantitative estimate of drug-likeness (QED) is 0.736. The highest BCUT2D eigenvalue weighted by atomic mass is 16.4. The maximum Gasteiger partial charge on any atom is 0.303 e. The van der Waals surface area contributed by atoms with Crippen LogP contribution < -0.4 is 5.73 Å². The minimum absolute atomic E-state index is 0.0377. The minimum atomic E-state index is -0.803. The van der Waals surface area contributed by atoms with Gasteiger partial charge < -0.3 is 10.8 Å². The smallest absolute Gasteiger partial charge is 0.303 e. The van der Waals surface area contributed by atoms with Crippen molar-refractivity contribution in [3.63, 3.8) is 0 Å². The number of carbonyl (C=O) groups is 2. The molecule has 1 fully saturated rings. The molecule has 0 saturated heterocycles. The maximum atomic E-state index is 11.1. The first kappa shape index (κ1) is 14.9. The Labute approximate surface area is 108 Å². The van der Waals surface area contributed by atoms with Gasteiger partial charge in [0.2, 0.25) is 0 Å². The Morgan fingerprint density at radius 2 is 1.83 bits per heavy atom. The van der Waals surface area contributed by atoms with Crippen molar-refractivity contribution >= 4 is 11.8 Å². The predicted molar refractivity (Wildman–Crippen MR) is 70.2 cm³/mol. The Morgan fingerprint density at radius 3 is 2.28 bits per heavy atom. The molecule has 18 heavy (non-hydrogen) atoms. The summed E-state index contributed by atoms with van der Waals surface area (Å²) in [6.07, 6.45) is 6.49. The lowest BCUT2D eigenvalue weighted by Gasteiger charge is -2.41. The molecule has 102 valence electrons. The molecule has 0 amide bonds. The van der Waals surface area contributed by atoms with E-state index in [-0.39, 0.29) is 23.7 Å². The van der Waals surface area contributed by atoms with Crippen LogP contribution in [-0.4, -0.2) is 22.9 Å². The van der Waals surface area contributed by atoms with Gasteiger partial charge in [-0.15, -0.1) is 0 Å². The van der Waals surface area contributed by atoms with Crippen molar-refractivity contribution in [2.45, 2.75) is 58.4 Å². The number of allylic oxidation sites excluding steroid dienone is 1. The molecule has 4 heteroatoms. The van der Waals surface area contributed by atoms with Crippen LogP contribution in [0.2, 0.25) is 0 Å². The summed E-state index contributed by atoms with van der Waals surface area (Å²) in [5, 5.41) is 9.10. The fourth-order valence-electron chi connectivity index (χ4n) is 3.05. The van der Waals surface area contributed by atoms with Gasteiger partial charge in [0.25, 0.3) is 0 Å². The van der Waals surface area contributed by atoms with Crippen LogP contribution in [0.3, 0.4) is 0 Å². The van der Waals surface area contributed by atoms with Crippen molar-refractivity contribution in [3.8, 4) is 0 Å². The molecule has 1 saturated carbocycles. The third-order valence-corrected chi connectivity index (χ3v) is 3.93. The molecule has 0 aliphatic heterocycles. The SMILES string of the molecule is CC(=O)C=C(C)C(N)C1(CC(=O)O)CCCCC1. The number of nitrogens with two attached hydrogens (primary N) is 1. The fourth-order valence-corrected chi connectivity index (χ4v) is 3.05. The highest BCUT2D eigenvalue weighted by Gasteiger charge is 2.40. The molecule has 0 heterocycles. The van der Waals surface area contributed by atoms with Gasteiger partial charge in [0, 0.05) is 6.04 Å². The number of carboxylic acid groups (broad SMARTS) is 1. The first-order valence-electron chi connectivity index (χ1n) is 6.53. The largest absolute Gasteiger partial charge is 0.481 e. The van der Waals surface area contributed by atoms with Crippen molar-refractivity contribution in [3.05, 3.63) is 11.6 Å². The molecule has 4 nitrogen and oxygen atoms in total. The van der Waals surface area contributed by atoms with Crippen LogP contribution in [-0.2, 0) is 9.59 Å². The molecule has 1 aliphatic rings. The van der Waals surface area contributed by atoms with Crippen LogP contribution in [0.25, 0.3) is 0 Å². The molecule has 1 unspecified atom stereocenters. The standard InChI is InChI=1S/C14H23NO3/c1-10(8-11(2)16)13(15)14(9-12(17)18)6-4-3-5-7-14/h8,13H,3-7,9,15H2,1-2H3,(H,17,18).